The van der Waals surface area contributed by atoms with Crippen LogP contribution in [0.4, 0.5) is 0 Å². The second-order valence-corrected chi connectivity index (χ2v) is 29.4. The van der Waals surface area contributed by atoms with Gasteiger partial charge in [0.1, 0.15) is 24.2 Å². The summed E-state index contributed by atoms with van der Waals surface area (Å²) in [5.41, 5.74) is 8.97. The van der Waals surface area contributed by atoms with E-state index in [9.17, 15) is 38.4 Å². The topological polar surface area (TPSA) is 275 Å². The van der Waals surface area contributed by atoms with E-state index in [1.54, 1.807) is 133 Å². The van der Waals surface area contributed by atoms with Crippen LogP contribution >= 0.6 is 21.6 Å². The zero-order chi connectivity index (χ0) is 70.1. The molecular formula is C72H99N9O12S2. The highest BCUT2D eigenvalue weighted by Gasteiger charge is 2.40. The standard InChI is InChI=1S/C72H99N9O12S2/c1-47(2)37-59-66(87)76-57(40-51-29-19-14-20-30-51)69(90)77(8)44-63(84)79(10)58(41-52-31-21-15-22-32-52)62(83)38-48(3)68(89)78(9)49(4)61(82)43-54(39-50-27-17-13-18-28-50)71(92)93-45-64(85)80(11)60(42-53-33-23-16-24-34-53)67(88)75-56(70(91)81(59)12)35-25-26-36-74-65(86)55(73)46-94-95-72(5,6)7/h13-24,27-34,47-49,54-60H,25-26,35-46,73H2,1-12H3,(H,74,86)(H,75,88)(H,76,87)/t48-,49+,54-,55+,56+,57+,58+,59?,60+/m1/s1. The normalized spacial score (nSPS) is 22.5. The van der Waals surface area contributed by atoms with Gasteiger partial charge in [-0.05, 0) is 73.6 Å². The van der Waals surface area contributed by atoms with Gasteiger partial charge in [-0.2, -0.15) is 0 Å². The summed E-state index contributed by atoms with van der Waals surface area (Å²) in [6, 6.07) is 27.5. The lowest BCUT2D eigenvalue weighted by Crippen LogP contribution is -2.59. The Labute approximate surface area is 568 Å². The Hall–Kier alpha value is -7.89. The number of nitrogens with two attached hydrogens (primary N) is 1. The van der Waals surface area contributed by atoms with Crippen LogP contribution in [0.5, 0.6) is 0 Å². The molecule has 5 rings (SSSR count). The molecule has 1 heterocycles. The zero-order valence-electron chi connectivity index (χ0n) is 57.2. The van der Waals surface area contributed by atoms with Crippen LogP contribution in [0, 0.1) is 17.8 Å². The van der Waals surface area contributed by atoms with E-state index in [-0.39, 0.29) is 74.5 Å². The summed E-state index contributed by atoms with van der Waals surface area (Å²) in [5, 5.41) is 8.73. The molecule has 0 aromatic heterocycles. The molecule has 1 aliphatic rings. The number of nitrogens with zero attached hydrogens (tertiary/aromatic N) is 5. The van der Waals surface area contributed by atoms with Crippen molar-refractivity contribution in [1.29, 1.82) is 0 Å². The van der Waals surface area contributed by atoms with Crippen LogP contribution in [0.1, 0.15) is 109 Å². The number of esters is 1. The van der Waals surface area contributed by atoms with Gasteiger partial charge >= 0.3 is 5.97 Å². The van der Waals surface area contributed by atoms with E-state index in [2.05, 4.69) is 36.7 Å². The molecule has 0 aliphatic carbocycles. The molecule has 5 N–H and O–H groups in total. The van der Waals surface area contributed by atoms with Crippen LogP contribution in [0.3, 0.4) is 0 Å². The van der Waals surface area contributed by atoms with Crippen molar-refractivity contribution in [2.24, 2.45) is 23.5 Å². The number of likely N-dealkylation sites (N-methyl/N-ethyl adjacent to an activating group) is 5. The molecule has 21 nitrogen and oxygen atoms in total. The van der Waals surface area contributed by atoms with E-state index < -0.39 is 133 Å². The fraction of sp³-hybridized carbons (Fsp3) is 0.514. The minimum absolute atomic E-state index is 0.00156. The maximum atomic E-state index is 15.4. The fourth-order valence-electron chi connectivity index (χ4n) is 11.0. The maximum Gasteiger partial charge on any atom is 0.310 e. The van der Waals surface area contributed by atoms with E-state index in [0.717, 1.165) is 10.5 Å². The van der Waals surface area contributed by atoms with Crippen molar-refractivity contribution in [3.8, 4) is 0 Å². The number of carbonyl (C=O) groups excluding carboxylic acids is 11. The average Bonchev–Trinajstić information content (AvgIpc) is 0.860. The van der Waals surface area contributed by atoms with Crippen LogP contribution in [-0.2, 0) is 83.2 Å². The highest BCUT2D eigenvalue weighted by Crippen LogP contribution is 2.35. The predicted octanol–water partition coefficient (Wildman–Crippen LogP) is 6.28. The monoisotopic (exact) mass is 1350 g/mol. The molecule has 1 saturated heterocycles. The van der Waals surface area contributed by atoms with E-state index in [0.29, 0.717) is 28.9 Å². The lowest BCUT2D eigenvalue weighted by Gasteiger charge is -2.35. The van der Waals surface area contributed by atoms with Crippen molar-refractivity contribution in [2.45, 2.75) is 160 Å². The van der Waals surface area contributed by atoms with Crippen LogP contribution < -0.4 is 21.7 Å². The van der Waals surface area contributed by atoms with E-state index in [1.807, 2.05) is 19.9 Å². The van der Waals surface area contributed by atoms with Gasteiger partial charge in [0.2, 0.25) is 41.4 Å². The first kappa shape index (κ1) is 77.8. The molecule has 0 saturated carbocycles. The van der Waals surface area contributed by atoms with Crippen molar-refractivity contribution < 1.29 is 57.5 Å². The van der Waals surface area contributed by atoms with Crippen molar-refractivity contribution >= 4 is 86.4 Å². The first-order valence-corrected chi connectivity index (χ1v) is 34.9. The van der Waals surface area contributed by atoms with Crippen molar-refractivity contribution in [3.05, 3.63) is 144 Å². The Balaban J connectivity index is 1.58. The molecule has 9 atom stereocenters. The summed E-state index contributed by atoms with van der Waals surface area (Å²) in [4.78, 5) is 166. The summed E-state index contributed by atoms with van der Waals surface area (Å²) < 4.78 is 5.70. The molecular weight excluding hydrogens is 1250 g/mol. The molecule has 95 heavy (non-hydrogen) atoms. The van der Waals surface area contributed by atoms with Crippen molar-refractivity contribution in [1.82, 2.24) is 40.4 Å². The second kappa shape index (κ2) is 38.0. The summed E-state index contributed by atoms with van der Waals surface area (Å²) in [6.07, 6.45) is -0.00886. The third kappa shape index (κ3) is 25.0. The number of carbonyl (C=O) groups is 11. The van der Waals surface area contributed by atoms with Gasteiger partial charge in [-0.1, -0.05) is 184 Å². The van der Waals surface area contributed by atoms with Gasteiger partial charge in [-0.15, -0.1) is 0 Å². The number of hydrogen-bond acceptors (Lipinski definition) is 15. The molecule has 516 valence electrons. The van der Waals surface area contributed by atoms with Crippen LogP contribution in [0.15, 0.2) is 121 Å². The number of amides is 8. The first-order chi connectivity index (χ1) is 45.0. The van der Waals surface area contributed by atoms with Gasteiger partial charge < -0.3 is 50.9 Å². The van der Waals surface area contributed by atoms with Crippen LogP contribution in [-0.4, -0.2) is 197 Å². The van der Waals surface area contributed by atoms with Crippen LogP contribution in [0.25, 0.3) is 0 Å². The SMILES string of the molecule is CC(C)CC1C(=O)N[C@@H](Cc2ccccc2)C(=O)N(C)CC(=O)N(C)[C@@H](Cc2ccccc2)C(=O)C[C@@H](C)C(=O)N(C)[C@@H](C)C(=O)C[C@@H](Cc2ccccc2)C(=O)OCC(=O)N(C)[C@@H](Cc2ccccc2)C(=O)N[C@@H](CCCCNC(=O)[C@@H](N)CSSC(C)(C)C)C(=O)N1C. The van der Waals surface area contributed by atoms with E-state index in [1.165, 1.54) is 72.6 Å². The van der Waals surface area contributed by atoms with Crippen molar-refractivity contribution in [2.75, 3.05) is 60.7 Å². The van der Waals surface area contributed by atoms with Crippen LogP contribution in [0.2, 0.25) is 0 Å². The van der Waals surface area contributed by atoms with E-state index in [4.69, 9.17) is 10.5 Å². The highest BCUT2D eigenvalue weighted by molar-refractivity contribution is 8.77. The largest absolute Gasteiger partial charge is 0.455 e. The molecule has 0 radical (unpaired) electrons. The number of nitrogens with one attached hydrogen (secondary N) is 3. The summed E-state index contributed by atoms with van der Waals surface area (Å²) in [7, 11) is 10.2. The third-order valence-corrected chi connectivity index (χ3v) is 20.3. The third-order valence-electron chi connectivity index (χ3n) is 16.9. The molecule has 4 aromatic carbocycles. The quantitative estimate of drug-likeness (QED) is 0.0457. The number of rotatable bonds is 19. The van der Waals surface area contributed by atoms with Gasteiger partial charge in [0, 0.05) is 83.9 Å². The summed E-state index contributed by atoms with van der Waals surface area (Å²) in [5.74, 6) is -8.87. The van der Waals surface area contributed by atoms with Gasteiger partial charge in [0.05, 0.1) is 30.6 Å². The Kier molecular flexibility index (Phi) is 31.1. The number of ketones is 2. The van der Waals surface area contributed by atoms with Gasteiger partial charge in [0.15, 0.2) is 18.2 Å². The first-order valence-electron chi connectivity index (χ1n) is 32.6. The second-order valence-electron chi connectivity index (χ2n) is 26.3. The minimum Gasteiger partial charge on any atom is -0.455 e. The van der Waals surface area contributed by atoms with E-state index >= 15 is 14.4 Å². The summed E-state index contributed by atoms with van der Waals surface area (Å²) in [6.45, 7) is 11.8. The van der Waals surface area contributed by atoms with Gasteiger partial charge in [0.25, 0.3) is 5.91 Å². The number of hydrogen-bond donors (Lipinski definition) is 4. The zero-order valence-corrected chi connectivity index (χ0v) is 58.9. The molecule has 1 aliphatic heterocycles. The van der Waals surface area contributed by atoms with Gasteiger partial charge in [-0.3, -0.25) is 52.7 Å². The van der Waals surface area contributed by atoms with Crippen molar-refractivity contribution in [3.63, 3.8) is 0 Å². The lowest BCUT2D eigenvalue weighted by molar-refractivity contribution is -0.157. The van der Waals surface area contributed by atoms with Gasteiger partial charge in [-0.25, -0.2) is 0 Å². The summed E-state index contributed by atoms with van der Waals surface area (Å²) >= 11 is 0. The molecule has 0 bridgehead atoms. The minimum atomic E-state index is -1.33. The smallest absolute Gasteiger partial charge is 0.310 e. The average molecular weight is 1350 g/mol. The Bertz CT molecular complexity index is 3210. The molecule has 8 amide bonds. The molecule has 23 heteroatoms. The predicted molar refractivity (Wildman–Crippen MR) is 371 cm³/mol. The maximum absolute atomic E-state index is 15.4. The molecule has 1 fully saturated rings. The molecule has 4 aromatic rings. The number of unbranched alkanes of at least 4 members (excludes halogenated alkanes) is 1. The molecule has 1 unspecified atom stereocenters. The number of ether oxygens (including phenoxy) is 1. The Morgan fingerprint density at radius 3 is 1.62 bits per heavy atom. The Morgan fingerprint density at radius 1 is 0.589 bits per heavy atom. The number of benzene rings is 4. The number of cyclic esters (lactones) is 1. The highest BCUT2D eigenvalue weighted by atomic mass is 33.1. The molecule has 0 spiro atoms. The lowest BCUT2D eigenvalue weighted by atomic mass is 9.91. The fourth-order valence-corrected chi connectivity index (χ4v) is 13.5. The Morgan fingerprint density at radius 2 is 1.08 bits per heavy atom. The number of Topliss-reactive ketones (excluding diaryl/α,β-unsaturated/α-hetero) is 2.